The summed E-state index contributed by atoms with van der Waals surface area (Å²) in [5.41, 5.74) is 3.31. The number of nitrogens with zero attached hydrogens (tertiary/aromatic N) is 1. The highest BCUT2D eigenvalue weighted by molar-refractivity contribution is 7.20. The Bertz CT molecular complexity index is 896. The number of amides is 1. The summed E-state index contributed by atoms with van der Waals surface area (Å²) in [6.07, 6.45) is 0. The standard InChI is InChI=1S/C20H20N2O2S/c1-14-5-7-15(8-6-14)21-17-3-2-4-18-16(17)13-19(25-18)20(23)22-9-11-24-12-10-22/h2-8,13,21H,9-12H2,1H3. The second-order valence-electron chi connectivity index (χ2n) is 6.22. The number of thiophene rings is 1. The molecule has 0 aliphatic carbocycles. The lowest BCUT2D eigenvalue weighted by Crippen LogP contribution is -2.40. The Morgan fingerprint density at radius 2 is 1.88 bits per heavy atom. The second-order valence-corrected chi connectivity index (χ2v) is 7.31. The molecule has 1 N–H and O–H groups in total. The van der Waals surface area contributed by atoms with Crippen molar-refractivity contribution in [3.63, 3.8) is 0 Å². The molecular weight excluding hydrogens is 332 g/mol. The highest BCUT2D eigenvalue weighted by Gasteiger charge is 2.21. The van der Waals surface area contributed by atoms with Crippen molar-refractivity contribution in [1.29, 1.82) is 0 Å². The summed E-state index contributed by atoms with van der Waals surface area (Å²) in [4.78, 5) is 15.4. The van der Waals surface area contributed by atoms with Crippen LogP contribution in [0.15, 0.2) is 48.5 Å². The molecule has 1 amide bonds. The Morgan fingerprint density at radius 1 is 1.12 bits per heavy atom. The second kappa shape index (κ2) is 6.86. The fourth-order valence-corrected chi connectivity index (χ4v) is 4.05. The van der Waals surface area contributed by atoms with Crippen LogP contribution in [-0.2, 0) is 4.74 Å². The summed E-state index contributed by atoms with van der Waals surface area (Å²) in [5, 5.41) is 4.56. The molecule has 0 spiro atoms. The van der Waals surface area contributed by atoms with Gasteiger partial charge in [-0.25, -0.2) is 0 Å². The van der Waals surface area contributed by atoms with E-state index in [2.05, 4.69) is 48.6 Å². The molecule has 1 saturated heterocycles. The maximum atomic E-state index is 12.7. The highest BCUT2D eigenvalue weighted by Crippen LogP contribution is 2.33. The number of hydrogen-bond donors (Lipinski definition) is 1. The summed E-state index contributed by atoms with van der Waals surface area (Å²) in [5.74, 6) is 0.103. The molecule has 4 rings (SSSR count). The van der Waals surface area contributed by atoms with Gasteiger partial charge < -0.3 is 15.0 Å². The average molecular weight is 352 g/mol. The number of carbonyl (C=O) groups is 1. The molecule has 128 valence electrons. The van der Waals surface area contributed by atoms with Gasteiger partial charge in [0.2, 0.25) is 0 Å². The van der Waals surface area contributed by atoms with Gasteiger partial charge in [0.15, 0.2) is 0 Å². The number of hydrogen-bond acceptors (Lipinski definition) is 4. The van der Waals surface area contributed by atoms with Crippen molar-refractivity contribution in [3.05, 3.63) is 59.0 Å². The number of rotatable bonds is 3. The maximum absolute atomic E-state index is 12.7. The smallest absolute Gasteiger partial charge is 0.264 e. The van der Waals surface area contributed by atoms with Crippen molar-refractivity contribution >= 4 is 38.7 Å². The largest absolute Gasteiger partial charge is 0.378 e. The summed E-state index contributed by atoms with van der Waals surface area (Å²) in [6, 6.07) is 16.5. The Balaban J connectivity index is 1.64. The number of benzene rings is 2. The van der Waals surface area contributed by atoms with Crippen LogP contribution in [-0.4, -0.2) is 37.1 Å². The van der Waals surface area contributed by atoms with E-state index in [4.69, 9.17) is 4.74 Å². The minimum atomic E-state index is 0.103. The van der Waals surface area contributed by atoms with Crippen LogP contribution in [0.3, 0.4) is 0 Å². The number of nitrogens with one attached hydrogen (secondary N) is 1. The minimum absolute atomic E-state index is 0.103. The molecule has 2 heterocycles. The fraction of sp³-hybridized carbons (Fsp3) is 0.250. The average Bonchev–Trinajstić information content (AvgIpc) is 3.09. The monoisotopic (exact) mass is 352 g/mol. The summed E-state index contributed by atoms with van der Waals surface area (Å²) < 4.78 is 6.46. The molecule has 0 atom stereocenters. The SMILES string of the molecule is Cc1ccc(Nc2cccc3sc(C(=O)N4CCOCC4)cc23)cc1. The van der Waals surface area contributed by atoms with Gasteiger partial charge in [-0.1, -0.05) is 23.8 Å². The first kappa shape index (κ1) is 16.1. The third kappa shape index (κ3) is 3.38. The van der Waals surface area contributed by atoms with Gasteiger partial charge in [0.1, 0.15) is 0 Å². The molecule has 2 aromatic carbocycles. The number of carbonyl (C=O) groups excluding carboxylic acids is 1. The van der Waals surface area contributed by atoms with Gasteiger partial charge in [-0.05, 0) is 37.3 Å². The lowest BCUT2D eigenvalue weighted by molar-refractivity contribution is 0.0306. The molecule has 4 nitrogen and oxygen atoms in total. The molecule has 25 heavy (non-hydrogen) atoms. The van der Waals surface area contributed by atoms with E-state index in [1.165, 1.54) is 5.56 Å². The zero-order valence-electron chi connectivity index (χ0n) is 14.1. The molecule has 1 aliphatic heterocycles. The van der Waals surface area contributed by atoms with Crippen molar-refractivity contribution in [2.45, 2.75) is 6.92 Å². The third-order valence-corrected chi connectivity index (χ3v) is 5.49. The number of fused-ring (bicyclic) bond motifs is 1. The number of aryl methyl sites for hydroxylation is 1. The zero-order chi connectivity index (χ0) is 17.2. The Labute approximate surface area is 151 Å². The van der Waals surface area contributed by atoms with Gasteiger partial charge in [0, 0.05) is 34.6 Å². The molecule has 0 unspecified atom stereocenters. The Kier molecular flexibility index (Phi) is 4.42. The molecule has 1 fully saturated rings. The zero-order valence-corrected chi connectivity index (χ0v) is 14.9. The topological polar surface area (TPSA) is 41.6 Å². The number of morpholine rings is 1. The molecule has 0 radical (unpaired) electrons. The summed E-state index contributed by atoms with van der Waals surface area (Å²) in [6.45, 7) is 4.66. The van der Waals surface area contributed by atoms with Crippen LogP contribution in [0, 0.1) is 6.92 Å². The van der Waals surface area contributed by atoms with Gasteiger partial charge in [-0.2, -0.15) is 0 Å². The van der Waals surface area contributed by atoms with Crippen LogP contribution >= 0.6 is 11.3 Å². The summed E-state index contributed by atoms with van der Waals surface area (Å²) in [7, 11) is 0. The van der Waals surface area contributed by atoms with E-state index >= 15 is 0 Å². The molecule has 5 heteroatoms. The summed E-state index contributed by atoms with van der Waals surface area (Å²) >= 11 is 1.55. The van der Waals surface area contributed by atoms with Gasteiger partial charge in [0.05, 0.1) is 18.1 Å². The molecule has 1 aromatic heterocycles. The van der Waals surface area contributed by atoms with E-state index in [1.54, 1.807) is 11.3 Å². The minimum Gasteiger partial charge on any atom is -0.378 e. The van der Waals surface area contributed by atoms with Crippen LogP contribution in [0.25, 0.3) is 10.1 Å². The van der Waals surface area contributed by atoms with Crippen LogP contribution in [0.1, 0.15) is 15.2 Å². The molecule has 1 aliphatic rings. The molecule has 0 bridgehead atoms. The van der Waals surface area contributed by atoms with Crippen molar-refractivity contribution in [2.24, 2.45) is 0 Å². The molecule has 3 aromatic rings. The van der Waals surface area contributed by atoms with E-state index in [0.717, 1.165) is 26.3 Å². The first-order chi connectivity index (χ1) is 12.2. The lowest BCUT2D eigenvalue weighted by atomic mass is 10.2. The van der Waals surface area contributed by atoms with E-state index in [9.17, 15) is 4.79 Å². The van der Waals surface area contributed by atoms with Gasteiger partial charge in [-0.15, -0.1) is 11.3 Å². The van der Waals surface area contributed by atoms with Gasteiger partial charge in [0.25, 0.3) is 5.91 Å². The van der Waals surface area contributed by atoms with Crippen molar-refractivity contribution in [1.82, 2.24) is 4.90 Å². The maximum Gasteiger partial charge on any atom is 0.264 e. The fourth-order valence-electron chi connectivity index (χ4n) is 2.99. The van der Waals surface area contributed by atoms with Crippen LogP contribution in [0.2, 0.25) is 0 Å². The van der Waals surface area contributed by atoms with E-state index in [1.807, 2.05) is 17.0 Å². The molecular formula is C20H20N2O2S. The van der Waals surface area contributed by atoms with Crippen LogP contribution < -0.4 is 5.32 Å². The van der Waals surface area contributed by atoms with E-state index in [0.29, 0.717) is 26.3 Å². The Hall–Kier alpha value is -2.37. The van der Waals surface area contributed by atoms with Crippen LogP contribution in [0.4, 0.5) is 11.4 Å². The predicted octanol–water partition coefficient (Wildman–Crippen LogP) is 4.43. The van der Waals surface area contributed by atoms with Gasteiger partial charge >= 0.3 is 0 Å². The Morgan fingerprint density at radius 3 is 2.64 bits per heavy atom. The third-order valence-electron chi connectivity index (χ3n) is 4.40. The lowest BCUT2D eigenvalue weighted by Gasteiger charge is -2.26. The van der Waals surface area contributed by atoms with Crippen LogP contribution in [0.5, 0.6) is 0 Å². The number of ether oxygens (including phenoxy) is 1. The van der Waals surface area contributed by atoms with Crippen molar-refractivity contribution < 1.29 is 9.53 Å². The normalized spacial score (nSPS) is 14.7. The molecule has 0 saturated carbocycles. The van der Waals surface area contributed by atoms with Crippen molar-refractivity contribution in [2.75, 3.05) is 31.6 Å². The highest BCUT2D eigenvalue weighted by atomic mass is 32.1. The van der Waals surface area contributed by atoms with Crippen molar-refractivity contribution in [3.8, 4) is 0 Å². The first-order valence-electron chi connectivity index (χ1n) is 8.44. The van der Waals surface area contributed by atoms with E-state index < -0.39 is 0 Å². The van der Waals surface area contributed by atoms with Gasteiger partial charge in [-0.3, -0.25) is 4.79 Å². The van der Waals surface area contributed by atoms with E-state index in [-0.39, 0.29) is 5.91 Å². The predicted molar refractivity (Wildman–Crippen MR) is 103 cm³/mol. The quantitative estimate of drug-likeness (QED) is 0.758. The number of anilines is 2. The first-order valence-corrected chi connectivity index (χ1v) is 9.26.